The van der Waals surface area contributed by atoms with E-state index in [2.05, 4.69) is 10.4 Å². The number of aromatic nitrogens is 2. The Kier molecular flexibility index (Phi) is 3.80. The predicted octanol–water partition coefficient (Wildman–Crippen LogP) is 2.34. The fraction of sp³-hybridized carbons (Fsp3) is 0.211. The predicted molar refractivity (Wildman–Crippen MR) is 91.6 cm³/mol. The van der Waals surface area contributed by atoms with Crippen LogP contribution in [0.3, 0.4) is 0 Å². The first-order chi connectivity index (χ1) is 12.1. The summed E-state index contributed by atoms with van der Waals surface area (Å²) in [5.41, 5.74) is 1.96. The number of carbonyl (C=O) groups is 1. The lowest BCUT2D eigenvalue weighted by Crippen LogP contribution is -2.31. The summed E-state index contributed by atoms with van der Waals surface area (Å²) in [6.07, 6.45) is 2.52. The Balaban J connectivity index is 1.56. The molecule has 0 spiro atoms. The normalized spacial score (nSPS) is 16.0. The van der Waals surface area contributed by atoms with Crippen LogP contribution in [0.15, 0.2) is 53.5 Å². The molecule has 0 saturated carbocycles. The largest absolute Gasteiger partial charge is 0.348 e. The topological polar surface area (TPSA) is 64.0 Å². The van der Waals surface area contributed by atoms with Crippen molar-refractivity contribution >= 4 is 16.8 Å². The van der Waals surface area contributed by atoms with E-state index in [0.717, 1.165) is 5.56 Å². The number of benzene rings is 2. The zero-order valence-corrected chi connectivity index (χ0v) is 13.4. The maximum atomic E-state index is 13.8. The Morgan fingerprint density at radius 3 is 2.96 bits per heavy atom. The van der Waals surface area contributed by atoms with Crippen LogP contribution in [0.4, 0.5) is 4.39 Å². The third kappa shape index (κ3) is 2.80. The molecule has 0 aliphatic heterocycles. The summed E-state index contributed by atoms with van der Waals surface area (Å²) in [5, 5.41) is 7.53. The molecule has 1 heterocycles. The fourth-order valence-corrected chi connectivity index (χ4v) is 3.42. The van der Waals surface area contributed by atoms with Gasteiger partial charge in [-0.3, -0.25) is 14.3 Å². The summed E-state index contributed by atoms with van der Waals surface area (Å²) < 4.78 is 15.3. The molecule has 0 fully saturated rings. The van der Waals surface area contributed by atoms with Crippen molar-refractivity contribution in [3.05, 3.63) is 75.8 Å². The highest BCUT2D eigenvalue weighted by molar-refractivity contribution is 5.81. The lowest BCUT2D eigenvalue weighted by atomic mass is 10.1. The van der Waals surface area contributed by atoms with E-state index in [9.17, 15) is 14.0 Å². The molecule has 1 unspecified atom stereocenters. The molecular weight excluding hydrogens is 321 g/mol. The average Bonchev–Trinajstić information content (AvgIpc) is 3.02. The number of carbonyl (C=O) groups excluding carboxylic acids is 1. The third-order valence-corrected chi connectivity index (χ3v) is 4.60. The second-order valence-electron chi connectivity index (χ2n) is 6.15. The lowest BCUT2D eigenvalue weighted by Gasteiger charge is -2.15. The second kappa shape index (κ2) is 6.12. The Hall–Kier alpha value is -3.02. The highest BCUT2D eigenvalue weighted by Crippen LogP contribution is 2.32. The Morgan fingerprint density at radius 2 is 2.08 bits per heavy atom. The van der Waals surface area contributed by atoms with Crippen molar-refractivity contribution in [1.29, 1.82) is 0 Å². The summed E-state index contributed by atoms with van der Waals surface area (Å²) >= 11 is 0. The molecule has 2 aromatic carbocycles. The molecule has 25 heavy (non-hydrogen) atoms. The summed E-state index contributed by atoms with van der Waals surface area (Å²) in [4.78, 5) is 24.3. The summed E-state index contributed by atoms with van der Waals surface area (Å²) in [5.74, 6) is -0.439. The molecule has 1 N–H and O–H groups in total. The van der Waals surface area contributed by atoms with Crippen molar-refractivity contribution in [2.75, 3.05) is 0 Å². The van der Waals surface area contributed by atoms with Crippen molar-refractivity contribution in [2.45, 2.75) is 25.4 Å². The van der Waals surface area contributed by atoms with E-state index in [1.165, 1.54) is 16.9 Å². The molecular formula is C19H16FN3O2. The van der Waals surface area contributed by atoms with E-state index < -0.39 is 0 Å². The molecule has 1 aliphatic rings. The quantitative estimate of drug-likeness (QED) is 0.798. The molecule has 0 bridgehead atoms. The van der Waals surface area contributed by atoms with E-state index in [0.29, 0.717) is 29.3 Å². The highest BCUT2D eigenvalue weighted by atomic mass is 19.1. The number of amides is 1. The molecule has 1 atom stereocenters. The number of rotatable bonds is 3. The molecule has 126 valence electrons. The number of nitrogens with one attached hydrogen (secondary N) is 1. The van der Waals surface area contributed by atoms with Crippen molar-refractivity contribution in [2.24, 2.45) is 0 Å². The van der Waals surface area contributed by atoms with E-state index in [4.69, 9.17) is 0 Å². The first-order valence-electron chi connectivity index (χ1n) is 8.15. The Bertz CT molecular complexity index is 1030. The maximum absolute atomic E-state index is 13.8. The van der Waals surface area contributed by atoms with Gasteiger partial charge in [0.05, 0.1) is 17.8 Å². The van der Waals surface area contributed by atoms with Gasteiger partial charge in [-0.15, -0.1) is 0 Å². The van der Waals surface area contributed by atoms with E-state index in [1.807, 2.05) is 6.07 Å². The Morgan fingerprint density at radius 1 is 1.24 bits per heavy atom. The molecule has 1 aliphatic carbocycles. The van der Waals surface area contributed by atoms with Crippen LogP contribution in [0, 0.1) is 5.82 Å². The van der Waals surface area contributed by atoms with Gasteiger partial charge in [-0.1, -0.05) is 24.3 Å². The van der Waals surface area contributed by atoms with Gasteiger partial charge in [0, 0.05) is 5.39 Å². The average molecular weight is 337 g/mol. The smallest absolute Gasteiger partial charge is 0.242 e. The van der Waals surface area contributed by atoms with Crippen molar-refractivity contribution in [3.8, 4) is 0 Å². The standard InChI is InChI=1S/C19H16FN3O2/c20-15-6-3-5-13-12(15)8-9-16(13)22-19(25)11-23-17-7-2-1-4-14(17)18(24)10-21-23/h1-7,10,16H,8-9,11H2,(H,22,25). The number of para-hydroxylation sites is 1. The second-order valence-corrected chi connectivity index (χ2v) is 6.15. The zero-order valence-electron chi connectivity index (χ0n) is 13.4. The van der Waals surface area contributed by atoms with Gasteiger partial charge < -0.3 is 5.32 Å². The molecule has 3 aromatic rings. The van der Waals surface area contributed by atoms with Crippen molar-refractivity contribution < 1.29 is 9.18 Å². The van der Waals surface area contributed by atoms with Gasteiger partial charge in [-0.05, 0) is 42.2 Å². The molecule has 0 radical (unpaired) electrons. The molecule has 1 amide bonds. The van der Waals surface area contributed by atoms with Crippen LogP contribution in [0.5, 0.6) is 0 Å². The molecule has 1 aromatic heterocycles. The number of nitrogens with zero attached hydrogens (tertiary/aromatic N) is 2. The van der Waals surface area contributed by atoms with E-state index in [1.54, 1.807) is 30.3 Å². The highest BCUT2D eigenvalue weighted by Gasteiger charge is 2.26. The minimum atomic E-state index is -0.220. The summed E-state index contributed by atoms with van der Waals surface area (Å²) in [6, 6.07) is 11.8. The van der Waals surface area contributed by atoms with Crippen LogP contribution >= 0.6 is 0 Å². The van der Waals surface area contributed by atoms with Crippen LogP contribution in [0.2, 0.25) is 0 Å². The van der Waals surface area contributed by atoms with Gasteiger partial charge >= 0.3 is 0 Å². The number of fused-ring (bicyclic) bond motifs is 2. The van der Waals surface area contributed by atoms with Crippen LogP contribution in [0.25, 0.3) is 10.9 Å². The van der Waals surface area contributed by atoms with Crippen LogP contribution in [-0.4, -0.2) is 15.7 Å². The number of hydrogen-bond donors (Lipinski definition) is 1. The van der Waals surface area contributed by atoms with Crippen LogP contribution < -0.4 is 10.7 Å². The Labute approximate surface area is 143 Å². The monoisotopic (exact) mass is 337 g/mol. The number of halogens is 1. The van der Waals surface area contributed by atoms with E-state index >= 15 is 0 Å². The number of hydrogen-bond acceptors (Lipinski definition) is 3. The van der Waals surface area contributed by atoms with Gasteiger partial charge in [-0.25, -0.2) is 4.39 Å². The van der Waals surface area contributed by atoms with Gasteiger partial charge in [0.15, 0.2) is 0 Å². The van der Waals surface area contributed by atoms with E-state index in [-0.39, 0.29) is 29.7 Å². The summed E-state index contributed by atoms with van der Waals surface area (Å²) in [7, 11) is 0. The first kappa shape index (κ1) is 15.5. The SMILES string of the molecule is O=C(Cn1ncc(=O)c2ccccc21)NC1CCc2c(F)cccc21. The minimum Gasteiger partial charge on any atom is -0.348 e. The fourth-order valence-electron chi connectivity index (χ4n) is 3.42. The van der Waals surface area contributed by atoms with Crippen molar-refractivity contribution in [3.63, 3.8) is 0 Å². The summed E-state index contributed by atoms with van der Waals surface area (Å²) in [6.45, 7) is 0.00193. The lowest BCUT2D eigenvalue weighted by molar-refractivity contribution is -0.122. The molecule has 4 rings (SSSR count). The maximum Gasteiger partial charge on any atom is 0.242 e. The first-order valence-corrected chi connectivity index (χ1v) is 8.15. The molecule has 0 saturated heterocycles. The van der Waals surface area contributed by atoms with Gasteiger partial charge in [-0.2, -0.15) is 5.10 Å². The minimum absolute atomic E-state index is 0.00193. The molecule has 6 heteroatoms. The van der Waals surface area contributed by atoms with Gasteiger partial charge in [0.1, 0.15) is 12.4 Å². The van der Waals surface area contributed by atoms with Gasteiger partial charge in [0.2, 0.25) is 11.3 Å². The van der Waals surface area contributed by atoms with Gasteiger partial charge in [0.25, 0.3) is 0 Å². The van der Waals surface area contributed by atoms with Crippen molar-refractivity contribution in [1.82, 2.24) is 15.1 Å². The zero-order chi connectivity index (χ0) is 17.4. The third-order valence-electron chi connectivity index (χ3n) is 4.60. The van der Waals surface area contributed by atoms with Crippen LogP contribution in [-0.2, 0) is 17.8 Å². The molecule has 5 nitrogen and oxygen atoms in total. The van der Waals surface area contributed by atoms with Crippen LogP contribution in [0.1, 0.15) is 23.6 Å².